The van der Waals surface area contributed by atoms with Gasteiger partial charge in [-0.3, -0.25) is 14.9 Å². The molecule has 0 radical (unpaired) electrons. The van der Waals surface area contributed by atoms with Gasteiger partial charge in [-0.25, -0.2) is 0 Å². The topological polar surface area (TPSA) is 96.0 Å². The summed E-state index contributed by atoms with van der Waals surface area (Å²) in [5, 5.41) is 11.4. The molecule has 0 spiro atoms. The Labute approximate surface area is 164 Å². The lowest BCUT2D eigenvalue weighted by molar-refractivity contribution is -0.385. The molecule has 3 rings (SSSR count). The third-order valence-corrected chi connectivity index (χ3v) is 5.65. The molecular formula is C19H19N3O5S. The highest BCUT2D eigenvalue weighted by Gasteiger charge is 2.24. The third kappa shape index (κ3) is 3.36. The SMILES string of the molecule is COc1cc(C(=O)N=c2sc3cc(C)c(C)cc3n2C)c([N+](=O)[O-])cc1OC. The van der Waals surface area contributed by atoms with Crippen LogP contribution >= 0.6 is 11.3 Å². The molecule has 0 saturated heterocycles. The number of thiazole rings is 1. The molecule has 0 fully saturated rings. The van der Waals surface area contributed by atoms with Crippen LogP contribution in [0, 0.1) is 24.0 Å². The van der Waals surface area contributed by atoms with Gasteiger partial charge in [-0.1, -0.05) is 11.3 Å². The minimum atomic E-state index is -0.719. The zero-order valence-corrected chi connectivity index (χ0v) is 16.9. The molecule has 8 nitrogen and oxygen atoms in total. The predicted octanol–water partition coefficient (Wildman–Crippen LogP) is 3.52. The molecule has 0 aliphatic carbocycles. The number of nitrogens with zero attached hydrogens (tertiary/aromatic N) is 3. The maximum absolute atomic E-state index is 12.8. The second kappa shape index (κ2) is 7.43. The molecule has 0 bridgehead atoms. The molecule has 146 valence electrons. The number of fused-ring (bicyclic) bond motifs is 1. The van der Waals surface area contributed by atoms with E-state index in [1.807, 2.05) is 33.0 Å². The maximum Gasteiger partial charge on any atom is 0.286 e. The van der Waals surface area contributed by atoms with E-state index in [-0.39, 0.29) is 22.7 Å². The van der Waals surface area contributed by atoms with Crippen LogP contribution in [0.5, 0.6) is 11.5 Å². The van der Waals surface area contributed by atoms with Gasteiger partial charge in [0.1, 0.15) is 5.56 Å². The molecule has 3 aromatic rings. The molecule has 28 heavy (non-hydrogen) atoms. The molecule has 1 aromatic heterocycles. The van der Waals surface area contributed by atoms with Crippen LogP contribution < -0.4 is 14.3 Å². The molecule has 0 aliphatic heterocycles. The minimum Gasteiger partial charge on any atom is -0.493 e. The number of rotatable bonds is 4. The summed E-state index contributed by atoms with van der Waals surface area (Å²) in [4.78, 5) is 28.2. The van der Waals surface area contributed by atoms with E-state index < -0.39 is 10.8 Å². The first-order valence-corrected chi connectivity index (χ1v) is 9.14. The summed E-state index contributed by atoms with van der Waals surface area (Å²) in [6.07, 6.45) is 0. The summed E-state index contributed by atoms with van der Waals surface area (Å²) in [6, 6.07) is 6.52. The number of hydrogen-bond acceptors (Lipinski definition) is 6. The minimum absolute atomic E-state index is 0.160. The van der Waals surface area contributed by atoms with E-state index in [4.69, 9.17) is 9.47 Å². The third-order valence-electron chi connectivity index (χ3n) is 4.55. The van der Waals surface area contributed by atoms with Crippen molar-refractivity contribution in [3.63, 3.8) is 0 Å². The van der Waals surface area contributed by atoms with Gasteiger partial charge >= 0.3 is 0 Å². The van der Waals surface area contributed by atoms with E-state index in [0.717, 1.165) is 21.3 Å². The molecular weight excluding hydrogens is 382 g/mol. The average molecular weight is 401 g/mol. The van der Waals surface area contributed by atoms with Gasteiger partial charge < -0.3 is 14.0 Å². The summed E-state index contributed by atoms with van der Waals surface area (Å²) in [5.74, 6) is -0.328. The van der Waals surface area contributed by atoms with Crippen molar-refractivity contribution in [2.24, 2.45) is 12.0 Å². The lowest BCUT2D eigenvalue weighted by Gasteiger charge is -2.08. The Hall–Kier alpha value is -3.20. The Bertz CT molecular complexity index is 1180. The van der Waals surface area contributed by atoms with Gasteiger partial charge in [-0.2, -0.15) is 4.99 Å². The van der Waals surface area contributed by atoms with Crippen molar-refractivity contribution in [1.29, 1.82) is 0 Å². The lowest BCUT2D eigenvalue weighted by atomic mass is 10.1. The van der Waals surface area contributed by atoms with Gasteiger partial charge in [0.2, 0.25) is 0 Å². The van der Waals surface area contributed by atoms with Crippen LogP contribution in [-0.4, -0.2) is 29.6 Å². The molecule has 0 atom stereocenters. The molecule has 0 saturated carbocycles. The zero-order chi connectivity index (χ0) is 20.6. The van der Waals surface area contributed by atoms with Crippen LogP contribution in [0.25, 0.3) is 10.2 Å². The normalized spacial score (nSPS) is 11.7. The number of nitro groups is 1. The Morgan fingerprint density at radius 1 is 1.11 bits per heavy atom. The fourth-order valence-corrected chi connectivity index (χ4v) is 3.92. The van der Waals surface area contributed by atoms with Crippen LogP contribution in [0.15, 0.2) is 29.3 Å². The molecule has 0 aliphatic rings. The number of carbonyl (C=O) groups excluding carboxylic acids is 1. The van der Waals surface area contributed by atoms with E-state index in [1.54, 1.807) is 4.57 Å². The maximum atomic E-state index is 12.8. The summed E-state index contributed by atoms with van der Waals surface area (Å²) in [7, 11) is 4.57. The van der Waals surface area contributed by atoms with E-state index in [2.05, 4.69) is 4.99 Å². The number of aryl methyl sites for hydroxylation is 3. The molecule has 1 heterocycles. The Kier molecular flexibility index (Phi) is 5.19. The first kappa shape index (κ1) is 19.6. The molecule has 0 unspecified atom stereocenters. The standard InChI is InChI=1S/C19H19N3O5S/c1-10-6-14-17(7-11(10)2)28-19(21(14)3)20-18(23)12-8-15(26-4)16(27-5)9-13(12)22(24)25/h6-9H,1-5H3. The largest absolute Gasteiger partial charge is 0.493 e. The van der Waals surface area contributed by atoms with E-state index >= 15 is 0 Å². The van der Waals surface area contributed by atoms with Crippen molar-refractivity contribution in [3.8, 4) is 11.5 Å². The van der Waals surface area contributed by atoms with Gasteiger partial charge in [0.25, 0.3) is 11.6 Å². The molecule has 1 amide bonds. The predicted molar refractivity (Wildman–Crippen MR) is 106 cm³/mol. The zero-order valence-electron chi connectivity index (χ0n) is 16.1. The Morgan fingerprint density at radius 3 is 2.32 bits per heavy atom. The van der Waals surface area contributed by atoms with E-state index in [0.29, 0.717) is 4.80 Å². The van der Waals surface area contributed by atoms with Crippen LogP contribution in [0.1, 0.15) is 21.5 Å². The Morgan fingerprint density at radius 2 is 1.71 bits per heavy atom. The average Bonchev–Trinajstić information content (AvgIpc) is 2.95. The quantitative estimate of drug-likeness (QED) is 0.492. The van der Waals surface area contributed by atoms with Crippen molar-refractivity contribution in [3.05, 3.63) is 55.9 Å². The number of methoxy groups -OCH3 is 2. The number of ether oxygens (including phenoxy) is 2. The van der Waals surface area contributed by atoms with Gasteiger partial charge in [-0.05, 0) is 37.1 Å². The van der Waals surface area contributed by atoms with Crippen LogP contribution in [-0.2, 0) is 7.05 Å². The van der Waals surface area contributed by atoms with Gasteiger partial charge in [0.05, 0.1) is 35.4 Å². The summed E-state index contributed by atoms with van der Waals surface area (Å²) >= 11 is 1.35. The number of aromatic nitrogens is 1. The second-order valence-electron chi connectivity index (χ2n) is 6.25. The van der Waals surface area contributed by atoms with Crippen molar-refractivity contribution >= 4 is 33.1 Å². The summed E-state index contributed by atoms with van der Waals surface area (Å²) in [5.41, 5.74) is 2.67. The first-order chi connectivity index (χ1) is 13.3. The monoisotopic (exact) mass is 401 g/mol. The fourth-order valence-electron chi connectivity index (χ4n) is 2.82. The van der Waals surface area contributed by atoms with Gasteiger partial charge in [0.15, 0.2) is 16.3 Å². The molecule has 2 aromatic carbocycles. The highest BCUT2D eigenvalue weighted by atomic mass is 32.1. The summed E-state index contributed by atoms with van der Waals surface area (Å²) in [6.45, 7) is 4.03. The smallest absolute Gasteiger partial charge is 0.286 e. The van der Waals surface area contributed by atoms with Gasteiger partial charge in [0, 0.05) is 13.1 Å². The Balaban J connectivity index is 2.19. The van der Waals surface area contributed by atoms with E-state index in [1.165, 1.54) is 37.7 Å². The number of carbonyl (C=O) groups is 1. The number of benzene rings is 2. The van der Waals surface area contributed by atoms with Crippen LogP contribution in [0.4, 0.5) is 5.69 Å². The van der Waals surface area contributed by atoms with Crippen LogP contribution in [0.2, 0.25) is 0 Å². The molecule has 9 heteroatoms. The first-order valence-electron chi connectivity index (χ1n) is 8.33. The highest BCUT2D eigenvalue weighted by Crippen LogP contribution is 2.34. The number of nitro benzene ring substituents is 1. The van der Waals surface area contributed by atoms with Gasteiger partial charge in [-0.15, -0.1) is 0 Å². The fraction of sp³-hybridized carbons (Fsp3) is 0.263. The second-order valence-corrected chi connectivity index (χ2v) is 7.26. The van der Waals surface area contributed by atoms with Crippen molar-refractivity contribution in [2.75, 3.05) is 14.2 Å². The van der Waals surface area contributed by atoms with Crippen LogP contribution in [0.3, 0.4) is 0 Å². The van der Waals surface area contributed by atoms with Crippen molar-refractivity contribution < 1.29 is 19.2 Å². The molecule has 0 N–H and O–H groups in total. The highest BCUT2D eigenvalue weighted by molar-refractivity contribution is 7.16. The van der Waals surface area contributed by atoms with E-state index in [9.17, 15) is 14.9 Å². The number of hydrogen-bond donors (Lipinski definition) is 0. The van der Waals surface area contributed by atoms with Crippen molar-refractivity contribution in [1.82, 2.24) is 4.57 Å². The number of amides is 1. The van der Waals surface area contributed by atoms with Crippen molar-refractivity contribution in [2.45, 2.75) is 13.8 Å². The summed E-state index contributed by atoms with van der Waals surface area (Å²) < 4.78 is 13.0. The lowest BCUT2D eigenvalue weighted by Crippen LogP contribution is -2.14.